The number of anilines is 1. The number of methoxy groups -OCH3 is 1. The number of hydrogen-bond acceptors (Lipinski definition) is 7. The molecule has 0 aliphatic carbocycles. The van der Waals surface area contributed by atoms with Gasteiger partial charge in [-0.05, 0) is 5.56 Å². The van der Waals surface area contributed by atoms with Gasteiger partial charge in [-0.3, -0.25) is 4.98 Å². The molecule has 0 spiro atoms. The van der Waals surface area contributed by atoms with Crippen LogP contribution in [0.3, 0.4) is 0 Å². The molecule has 1 aromatic carbocycles. The van der Waals surface area contributed by atoms with Crippen molar-refractivity contribution in [3.63, 3.8) is 0 Å². The van der Waals surface area contributed by atoms with Crippen molar-refractivity contribution in [2.75, 3.05) is 12.4 Å². The summed E-state index contributed by atoms with van der Waals surface area (Å²) in [6.45, 7) is 0.657. The number of hydrogen-bond donors (Lipinski definition) is 3. The van der Waals surface area contributed by atoms with Crippen molar-refractivity contribution in [2.45, 2.75) is 13.2 Å². The number of aromatic nitrogens is 5. The van der Waals surface area contributed by atoms with Gasteiger partial charge in [0.1, 0.15) is 23.1 Å². The third kappa shape index (κ3) is 3.22. The van der Waals surface area contributed by atoms with E-state index < -0.39 is 0 Å². The molecule has 4 aromatic rings. The van der Waals surface area contributed by atoms with Crippen LogP contribution < -0.4 is 11.0 Å². The van der Waals surface area contributed by atoms with Crippen molar-refractivity contribution in [1.82, 2.24) is 25.1 Å². The van der Waals surface area contributed by atoms with E-state index in [0.717, 1.165) is 21.3 Å². The number of thiophene rings is 1. The fourth-order valence-corrected chi connectivity index (χ4v) is 3.66. The van der Waals surface area contributed by atoms with Crippen LogP contribution in [-0.4, -0.2) is 32.3 Å². The summed E-state index contributed by atoms with van der Waals surface area (Å²) in [5, 5.41) is 12.6. The molecule has 8 nitrogen and oxygen atoms in total. The van der Waals surface area contributed by atoms with E-state index in [4.69, 9.17) is 4.74 Å². The first-order valence-corrected chi connectivity index (χ1v) is 8.82. The molecule has 0 radical (unpaired) electrons. The normalized spacial score (nSPS) is 11.1. The van der Waals surface area contributed by atoms with Crippen LogP contribution in [0, 0.1) is 0 Å². The Bertz CT molecular complexity index is 1090. The largest absolute Gasteiger partial charge is 0.377 e. The van der Waals surface area contributed by atoms with E-state index in [9.17, 15) is 4.79 Å². The molecular formula is C17H16N6O2S. The molecule has 0 aliphatic heterocycles. The highest BCUT2D eigenvalue weighted by molar-refractivity contribution is 7.17. The second-order valence-corrected chi connectivity index (χ2v) is 6.45. The summed E-state index contributed by atoms with van der Waals surface area (Å²) in [4.78, 5) is 23.9. The molecule has 0 aliphatic rings. The molecule has 0 fully saturated rings. The average Bonchev–Trinajstić information content (AvgIpc) is 3.27. The van der Waals surface area contributed by atoms with Gasteiger partial charge in [0.05, 0.1) is 11.9 Å². The zero-order valence-corrected chi connectivity index (χ0v) is 14.8. The molecule has 0 bridgehead atoms. The number of nitrogens with one attached hydrogen (secondary N) is 3. The monoisotopic (exact) mass is 368 g/mol. The molecule has 0 amide bonds. The quantitative estimate of drug-likeness (QED) is 0.483. The van der Waals surface area contributed by atoms with Gasteiger partial charge in [0, 0.05) is 18.1 Å². The van der Waals surface area contributed by atoms with E-state index in [1.165, 1.54) is 0 Å². The van der Waals surface area contributed by atoms with Crippen molar-refractivity contribution in [1.29, 1.82) is 0 Å². The Morgan fingerprint density at radius 2 is 2.08 bits per heavy atom. The third-order valence-electron chi connectivity index (χ3n) is 3.81. The fourth-order valence-electron chi connectivity index (χ4n) is 2.69. The Kier molecular flexibility index (Phi) is 4.46. The van der Waals surface area contributed by atoms with Gasteiger partial charge in [0.2, 0.25) is 0 Å². The molecule has 26 heavy (non-hydrogen) atoms. The van der Waals surface area contributed by atoms with E-state index in [-0.39, 0.29) is 5.69 Å². The third-order valence-corrected chi connectivity index (χ3v) is 4.68. The lowest BCUT2D eigenvalue weighted by Crippen LogP contribution is -2.08. The number of rotatable bonds is 6. The summed E-state index contributed by atoms with van der Waals surface area (Å²) in [5.41, 5.74) is 1.82. The Morgan fingerprint density at radius 3 is 2.81 bits per heavy atom. The van der Waals surface area contributed by atoms with Crippen molar-refractivity contribution in [2.24, 2.45) is 0 Å². The van der Waals surface area contributed by atoms with Crippen LogP contribution in [-0.2, 0) is 17.9 Å². The maximum atomic E-state index is 11.2. The smallest absolute Gasteiger partial charge is 0.340 e. The zero-order chi connectivity index (χ0) is 17.9. The minimum absolute atomic E-state index is 0.322. The molecule has 0 unspecified atom stereocenters. The number of aromatic amines is 2. The lowest BCUT2D eigenvalue weighted by molar-refractivity contribution is 0.178. The second kappa shape index (κ2) is 7.06. The lowest BCUT2D eigenvalue weighted by Gasteiger charge is -2.09. The van der Waals surface area contributed by atoms with Crippen molar-refractivity contribution < 1.29 is 4.74 Å². The van der Waals surface area contributed by atoms with Gasteiger partial charge >= 0.3 is 5.69 Å². The van der Waals surface area contributed by atoms with E-state index >= 15 is 0 Å². The van der Waals surface area contributed by atoms with Crippen molar-refractivity contribution >= 4 is 27.4 Å². The van der Waals surface area contributed by atoms with Crippen LogP contribution >= 0.6 is 11.3 Å². The minimum atomic E-state index is -0.338. The topological polar surface area (TPSA) is 109 Å². The number of nitrogens with zero attached hydrogens (tertiary/aromatic N) is 3. The number of ether oxygens (including phenoxy) is 1. The Hall–Kier alpha value is -3.04. The summed E-state index contributed by atoms with van der Waals surface area (Å²) in [6.07, 6.45) is 0. The molecule has 3 aromatic heterocycles. The summed E-state index contributed by atoms with van der Waals surface area (Å²) in [6, 6.07) is 10.1. The maximum absolute atomic E-state index is 11.2. The van der Waals surface area contributed by atoms with E-state index in [2.05, 4.69) is 48.0 Å². The Labute approximate surface area is 152 Å². The predicted octanol–water partition coefficient (Wildman–Crippen LogP) is 2.53. The minimum Gasteiger partial charge on any atom is -0.377 e. The van der Waals surface area contributed by atoms with Gasteiger partial charge in [-0.2, -0.15) is 5.10 Å². The van der Waals surface area contributed by atoms with E-state index in [1.54, 1.807) is 18.4 Å². The molecule has 0 atom stereocenters. The van der Waals surface area contributed by atoms with E-state index in [0.29, 0.717) is 30.6 Å². The van der Waals surface area contributed by atoms with Crippen LogP contribution in [0.4, 0.5) is 5.82 Å². The van der Waals surface area contributed by atoms with Gasteiger partial charge in [0.15, 0.2) is 5.82 Å². The molecule has 4 rings (SSSR count). The van der Waals surface area contributed by atoms with Crippen LogP contribution in [0.1, 0.15) is 11.6 Å². The second-order valence-electron chi connectivity index (χ2n) is 5.59. The van der Waals surface area contributed by atoms with Crippen LogP contribution in [0.5, 0.6) is 0 Å². The molecule has 3 heterocycles. The highest BCUT2D eigenvalue weighted by atomic mass is 32.1. The summed E-state index contributed by atoms with van der Waals surface area (Å²) < 4.78 is 5.18. The van der Waals surface area contributed by atoms with Crippen molar-refractivity contribution in [3.05, 3.63) is 57.8 Å². The Morgan fingerprint density at radius 1 is 1.23 bits per heavy atom. The SMILES string of the molecule is COCc1nc(NCc2n[nH]c(=O)[nH]2)c2c(-c3ccccc3)csc2n1. The molecule has 3 N–H and O–H groups in total. The van der Waals surface area contributed by atoms with Gasteiger partial charge in [-0.15, -0.1) is 11.3 Å². The van der Waals surface area contributed by atoms with Crippen LogP contribution in [0.25, 0.3) is 21.3 Å². The van der Waals surface area contributed by atoms with Crippen molar-refractivity contribution in [3.8, 4) is 11.1 Å². The molecule has 0 saturated heterocycles. The summed E-state index contributed by atoms with van der Waals surface area (Å²) in [5.74, 6) is 1.79. The zero-order valence-electron chi connectivity index (χ0n) is 13.9. The van der Waals surface area contributed by atoms with Gasteiger partial charge in [-0.1, -0.05) is 30.3 Å². The maximum Gasteiger partial charge on any atom is 0.340 e. The predicted molar refractivity (Wildman–Crippen MR) is 100 cm³/mol. The van der Waals surface area contributed by atoms with E-state index in [1.807, 2.05) is 18.2 Å². The molecule has 0 saturated carbocycles. The highest BCUT2D eigenvalue weighted by Crippen LogP contribution is 2.37. The van der Waals surface area contributed by atoms with Crippen LogP contribution in [0.2, 0.25) is 0 Å². The first kappa shape index (κ1) is 16.4. The van der Waals surface area contributed by atoms with Gasteiger partial charge in [0.25, 0.3) is 0 Å². The summed E-state index contributed by atoms with van der Waals surface area (Å²) >= 11 is 1.56. The number of fused-ring (bicyclic) bond motifs is 1. The first-order valence-electron chi connectivity index (χ1n) is 7.94. The number of benzene rings is 1. The lowest BCUT2D eigenvalue weighted by atomic mass is 10.1. The van der Waals surface area contributed by atoms with Gasteiger partial charge < -0.3 is 10.1 Å². The Balaban J connectivity index is 1.79. The van der Waals surface area contributed by atoms with Crippen LogP contribution in [0.15, 0.2) is 40.5 Å². The standard InChI is InChI=1S/C17H16N6O2S/c1-25-8-13-19-15(18-7-12-21-17(24)23-22-12)14-11(9-26-16(14)20-13)10-5-3-2-4-6-10/h2-6,9H,7-8H2,1H3,(H,18,19,20)(H2,21,22,23,24). The van der Waals surface area contributed by atoms with Gasteiger partial charge in [-0.25, -0.2) is 19.9 Å². The summed E-state index contributed by atoms with van der Waals surface area (Å²) in [7, 11) is 1.61. The molecular weight excluding hydrogens is 352 g/mol. The molecule has 132 valence electrons. The molecule has 9 heteroatoms. The number of H-pyrrole nitrogens is 2. The fraction of sp³-hybridized carbons (Fsp3) is 0.176. The highest BCUT2D eigenvalue weighted by Gasteiger charge is 2.15. The first-order chi connectivity index (χ1) is 12.7. The average molecular weight is 368 g/mol.